The molecule has 1 saturated heterocycles. The molecule has 0 radical (unpaired) electrons. The van der Waals surface area contributed by atoms with Crippen molar-refractivity contribution in [1.29, 1.82) is 0 Å². The molecule has 20 heavy (non-hydrogen) atoms. The third kappa shape index (κ3) is 2.40. The Morgan fingerprint density at radius 1 is 1.45 bits per heavy atom. The van der Waals surface area contributed by atoms with Crippen molar-refractivity contribution in [2.24, 2.45) is 11.8 Å². The summed E-state index contributed by atoms with van der Waals surface area (Å²) in [5.41, 5.74) is 4.15. The molecule has 2 aliphatic rings. The fourth-order valence-corrected chi connectivity index (χ4v) is 3.23. The second kappa shape index (κ2) is 5.09. The third-order valence-electron chi connectivity index (χ3n) is 4.76. The summed E-state index contributed by atoms with van der Waals surface area (Å²) in [7, 11) is 2.14. The molecular formula is C16H22N2O2. The quantitative estimate of drug-likeness (QED) is 0.910. The number of hydrogen-bond acceptors (Lipinski definition) is 3. The first-order chi connectivity index (χ1) is 9.54. The van der Waals surface area contributed by atoms with Gasteiger partial charge in [-0.1, -0.05) is 19.1 Å². The van der Waals surface area contributed by atoms with E-state index in [0.29, 0.717) is 5.92 Å². The molecule has 2 heterocycles. The van der Waals surface area contributed by atoms with Crippen LogP contribution in [0.15, 0.2) is 18.2 Å². The van der Waals surface area contributed by atoms with Crippen LogP contribution in [-0.2, 0) is 17.8 Å². The molecule has 4 heteroatoms. The van der Waals surface area contributed by atoms with Gasteiger partial charge >= 0.3 is 5.97 Å². The zero-order valence-corrected chi connectivity index (χ0v) is 12.2. The number of carboxylic acids is 1. The number of rotatable bonds is 4. The van der Waals surface area contributed by atoms with E-state index in [1.54, 1.807) is 0 Å². The highest BCUT2D eigenvalue weighted by Gasteiger charge is 2.34. The largest absolute Gasteiger partial charge is 0.481 e. The average molecular weight is 274 g/mol. The fraction of sp³-hybridized carbons (Fsp3) is 0.562. The summed E-state index contributed by atoms with van der Waals surface area (Å²) in [5.74, 6) is -0.580. The molecule has 1 unspecified atom stereocenters. The first-order valence-electron chi connectivity index (χ1n) is 7.32. The summed E-state index contributed by atoms with van der Waals surface area (Å²) in [6, 6.07) is 6.73. The van der Waals surface area contributed by atoms with Crippen molar-refractivity contribution in [2.75, 3.05) is 31.6 Å². The molecule has 3 rings (SSSR count). The molecule has 0 aromatic heterocycles. The number of hydrogen-bond donors (Lipinski definition) is 1. The number of aliphatic carboxylic acids is 1. The van der Waals surface area contributed by atoms with Crippen molar-refractivity contribution in [2.45, 2.75) is 19.9 Å². The monoisotopic (exact) mass is 274 g/mol. The molecule has 1 fully saturated rings. The Morgan fingerprint density at radius 2 is 2.20 bits per heavy atom. The highest BCUT2D eigenvalue weighted by Crippen LogP contribution is 2.30. The molecule has 2 aliphatic heterocycles. The number of likely N-dealkylation sites (tertiary alicyclic amines) is 1. The van der Waals surface area contributed by atoms with E-state index in [9.17, 15) is 4.79 Å². The second-order valence-electron chi connectivity index (χ2n) is 6.22. The van der Waals surface area contributed by atoms with Crippen molar-refractivity contribution in [3.05, 3.63) is 29.3 Å². The summed E-state index contributed by atoms with van der Waals surface area (Å²) in [4.78, 5) is 15.6. The van der Waals surface area contributed by atoms with E-state index in [4.69, 9.17) is 5.11 Å². The molecule has 1 atom stereocenters. The lowest BCUT2D eigenvalue weighted by Crippen LogP contribution is -2.50. The molecule has 108 valence electrons. The number of carbonyl (C=O) groups is 1. The van der Waals surface area contributed by atoms with Crippen LogP contribution in [-0.4, -0.2) is 42.7 Å². The molecule has 0 aliphatic carbocycles. The van der Waals surface area contributed by atoms with Crippen molar-refractivity contribution in [3.63, 3.8) is 0 Å². The van der Waals surface area contributed by atoms with E-state index < -0.39 is 5.97 Å². The first-order valence-corrected chi connectivity index (χ1v) is 7.32. The topological polar surface area (TPSA) is 43.8 Å². The lowest BCUT2D eigenvalue weighted by molar-refractivity contribution is -0.145. The standard InChI is InChI=1S/C16H22N2O2/c1-11(16(19)20)14-9-18(10-14)8-12-3-4-15-13(7-12)5-6-17(15)2/h3-4,7,11,14H,5-6,8-10H2,1-2H3,(H,19,20). The van der Waals surface area contributed by atoms with Gasteiger partial charge in [-0.05, 0) is 29.5 Å². The number of carboxylic acid groups (broad SMARTS) is 1. The van der Waals surface area contributed by atoms with E-state index in [1.807, 2.05) is 6.92 Å². The maximum Gasteiger partial charge on any atom is 0.306 e. The molecule has 0 bridgehead atoms. The Morgan fingerprint density at radius 3 is 2.90 bits per heavy atom. The fourth-order valence-electron chi connectivity index (χ4n) is 3.23. The number of likely N-dealkylation sites (N-methyl/N-ethyl adjacent to an activating group) is 1. The minimum absolute atomic E-state index is 0.222. The Hall–Kier alpha value is -1.55. The number of nitrogens with zero attached hydrogens (tertiary/aromatic N) is 2. The normalized spacial score (nSPS) is 20.6. The second-order valence-corrected chi connectivity index (χ2v) is 6.22. The number of benzene rings is 1. The summed E-state index contributed by atoms with van der Waals surface area (Å²) in [5, 5.41) is 9.00. The van der Waals surface area contributed by atoms with Crippen LogP contribution < -0.4 is 4.90 Å². The Bertz CT molecular complexity index is 523. The maximum atomic E-state index is 10.9. The van der Waals surface area contributed by atoms with Gasteiger partial charge in [0.05, 0.1) is 5.92 Å². The lowest BCUT2D eigenvalue weighted by Gasteiger charge is -2.41. The van der Waals surface area contributed by atoms with Crippen LogP contribution in [0.3, 0.4) is 0 Å². The van der Waals surface area contributed by atoms with Crippen LogP contribution in [0, 0.1) is 11.8 Å². The molecule has 1 N–H and O–H groups in total. The van der Waals surface area contributed by atoms with Gasteiger partial charge < -0.3 is 10.0 Å². The molecule has 0 saturated carbocycles. The zero-order chi connectivity index (χ0) is 14.3. The molecule has 4 nitrogen and oxygen atoms in total. The molecule has 1 aromatic rings. The highest BCUT2D eigenvalue weighted by molar-refractivity contribution is 5.70. The molecule has 0 spiro atoms. The van der Waals surface area contributed by atoms with Gasteiger partial charge in [-0.25, -0.2) is 0 Å². The minimum atomic E-state index is -0.671. The number of anilines is 1. The average Bonchev–Trinajstić information content (AvgIpc) is 2.74. The highest BCUT2D eigenvalue weighted by atomic mass is 16.4. The molecular weight excluding hydrogens is 252 g/mol. The van der Waals surface area contributed by atoms with Crippen LogP contribution in [0.5, 0.6) is 0 Å². The van der Waals surface area contributed by atoms with Gasteiger partial charge in [-0.15, -0.1) is 0 Å². The van der Waals surface area contributed by atoms with Crippen molar-refractivity contribution >= 4 is 11.7 Å². The molecule has 1 aromatic carbocycles. The summed E-state index contributed by atoms with van der Waals surface area (Å²) < 4.78 is 0. The number of fused-ring (bicyclic) bond motifs is 1. The van der Waals surface area contributed by atoms with Crippen LogP contribution in [0.1, 0.15) is 18.1 Å². The predicted molar refractivity (Wildman–Crippen MR) is 79.0 cm³/mol. The van der Waals surface area contributed by atoms with Crippen molar-refractivity contribution in [1.82, 2.24) is 4.90 Å². The molecule has 0 amide bonds. The van der Waals surface area contributed by atoms with E-state index in [2.05, 4.69) is 35.0 Å². The Labute approximate surface area is 120 Å². The van der Waals surface area contributed by atoms with E-state index in [1.165, 1.54) is 16.8 Å². The van der Waals surface area contributed by atoms with Crippen molar-refractivity contribution < 1.29 is 9.90 Å². The predicted octanol–water partition coefficient (Wildman–Crippen LogP) is 1.83. The van der Waals surface area contributed by atoms with Gasteiger partial charge in [0.1, 0.15) is 0 Å². The zero-order valence-electron chi connectivity index (χ0n) is 12.2. The lowest BCUT2D eigenvalue weighted by atomic mass is 9.87. The van der Waals surface area contributed by atoms with Gasteiger partial charge in [0.15, 0.2) is 0 Å². The summed E-state index contributed by atoms with van der Waals surface area (Å²) in [6.07, 6.45) is 1.14. The van der Waals surface area contributed by atoms with E-state index >= 15 is 0 Å². The van der Waals surface area contributed by atoms with Crippen molar-refractivity contribution in [3.8, 4) is 0 Å². The smallest absolute Gasteiger partial charge is 0.306 e. The van der Waals surface area contributed by atoms with Gasteiger partial charge in [-0.2, -0.15) is 0 Å². The first kappa shape index (κ1) is 13.4. The maximum absolute atomic E-state index is 10.9. The summed E-state index contributed by atoms with van der Waals surface area (Å²) in [6.45, 7) is 5.69. The SMILES string of the molecule is CC(C(=O)O)C1CN(Cc2ccc3c(c2)CCN3C)C1. The summed E-state index contributed by atoms with van der Waals surface area (Å²) >= 11 is 0. The van der Waals surface area contributed by atoms with Crippen LogP contribution in [0.25, 0.3) is 0 Å². The van der Waals surface area contributed by atoms with Gasteiger partial charge in [-0.3, -0.25) is 9.69 Å². The van der Waals surface area contributed by atoms with Crippen LogP contribution >= 0.6 is 0 Å². The van der Waals surface area contributed by atoms with Crippen LogP contribution in [0.2, 0.25) is 0 Å². The Kier molecular flexibility index (Phi) is 3.42. The third-order valence-corrected chi connectivity index (χ3v) is 4.76. The van der Waals surface area contributed by atoms with Gasteiger partial charge in [0.25, 0.3) is 0 Å². The van der Waals surface area contributed by atoms with E-state index in [0.717, 1.165) is 32.6 Å². The van der Waals surface area contributed by atoms with Gasteiger partial charge in [0.2, 0.25) is 0 Å². The van der Waals surface area contributed by atoms with Gasteiger partial charge in [0, 0.05) is 38.9 Å². The Balaban J connectivity index is 1.57. The van der Waals surface area contributed by atoms with Crippen LogP contribution in [0.4, 0.5) is 5.69 Å². The van der Waals surface area contributed by atoms with E-state index in [-0.39, 0.29) is 5.92 Å². The minimum Gasteiger partial charge on any atom is -0.481 e.